The third-order valence-corrected chi connectivity index (χ3v) is 3.38. The lowest BCUT2D eigenvalue weighted by molar-refractivity contribution is -0.125. The summed E-state index contributed by atoms with van der Waals surface area (Å²) in [7, 11) is 0. The lowest BCUT2D eigenvalue weighted by Gasteiger charge is -2.34. The second-order valence-corrected chi connectivity index (χ2v) is 6.10. The first kappa shape index (κ1) is 13.9. The van der Waals surface area contributed by atoms with Crippen molar-refractivity contribution in [2.24, 2.45) is 10.6 Å². The van der Waals surface area contributed by atoms with Crippen molar-refractivity contribution < 1.29 is 10.0 Å². The van der Waals surface area contributed by atoms with Crippen LogP contribution < -0.4 is 4.90 Å². The van der Waals surface area contributed by atoms with E-state index in [1.54, 1.807) is 23.1 Å². The Labute approximate surface area is 117 Å². The van der Waals surface area contributed by atoms with Crippen LogP contribution in [0.1, 0.15) is 32.8 Å². The van der Waals surface area contributed by atoms with Gasteiger partial charge in [0.1, 0.15) is 0 Å². The smallest absolute Gasteiger partial charge is 0.232 e. The molecule has 0 radical (unpaired) electrons. The Hall–Kier alpha value is -1.55. The first-order chi connectivity index (χ1) is 8.84. The van der Waals surface area contributed by atoms with Crippen LogP contribution in [0.25, 0.3) is 0 Å². The maximum absolute atomic E-state index is 12.5. The topological polar surface area (TPSA) is 52.9 Å². The molecule has 1 aliphatic heterocycles. The standard InChI is InChI=1S/C14H17ClN2O2/c1-14(2,3)13(18)17-7-6-11(16-19)10-8-9(15)4-5-12(10)17/h4-5,8,19H,6-7H2,1-3H3/b16-11-. The van der Waals surface area contributed by atoms with E-state index in [0.29, 0.717) is 23.7 Å². The molecule has 0 unspecified atom stereocenters. The number of amides is 1. The highest BCUT2D eigenvalue weighted by Gasteiger charge is 2.32. The van der Waals surface area contributed by atoms with E-state index in [-0.39, 0.29) is 5.91 Å². The van der Waals surface area contributed by atoms with Crippen molar-refractivity contribution in [1.82, 2.24) is 0 Å². The van der Waals surface area contributed by atoms with Crippen molar-refractivity contribution in [1.29, 1.82) is 0 Å². The van der Waals surface area contributed by atoms with Gasteiger partial charge in [-0.15, -0.1) is 0 Å². The van der Waals surface area contributed by atoms with Crippen LogP contribution >= 0.6 is 11.6 Å². The van der Waals surface area contributed by atoms with E-state index < -0.39 is 5.41 Å². The molecule has 0 saturated carbocycles. The molecule has 1 aliphatic rings. The number of carbonyl (C=O) groups is 1. The van der Waals surface area contributed by atoms with E-state index in [1.165, 1.54) is 0 Å². The van der Waals surface area contributed by atoms with E-state index in [1.807, 2.05) is 20.8 Å². The predicted molar refractivity (Wildman–Crippen MR) is 76.2 cm³/mol. The molecular formula is C14H17ClN2O2. The summed E-state index contributed by atoms with van der Waals surface area (Å²) in [6, 6.07) is 5.27. The molecule has 1 aromatic rings. The first-order valence-electron chi connectivity index (χ1n) is 6.17. The number of benzene rings is 1. The molecule has 5 heteroatoms. The third kappa shape index (κ3) is 2.59. The number of carbonyl (C=O) groups excluding carboxylic acids is 1. The molecular weight excluding hydrogens is 264 g/mol. The van der Waals surface area contributed by atoms with Gasteiger partial charge >= 0.3 is 0 Å². The quantitative estimate of drug-likeness (QED) is 0.585. The van der Waals surface area contributed by atoms with E-state index >= 15 is 0 Å². The summed E-state index contributed by atoms with van der Waals surface area (Å²) in [5.74, 6) is 0.0491. The molecule has 1 heterocycles. The minimum Gasteiger partial charge on any atom is -0.411 e. The summed E-state index contributed by atoms with van der Waals surface area (Å²) < 4.78 is 0. The summed E-state index contributed by atoms with van der Waals surface area (Å²) in [6.45, 7) is 6.19. The molecule has 4 nitrogen and oxygen atoms in total. The first-order valence-corrected chi connectivity index (χ1v) is 6.55. The molecule has 0 atom stereocenters. The van der Waals surface area contributed by atoms with Crippen molar-refractivity contribution in [2.45, 2.75) is 27.2 Å². The van der Waals surface area contributed by atoms with Crippen molar-refractivity contribution in [2.75, 3.05) is 11.4 Å². The van der Waals surface area contributed by atoms with Gasteiger partial charge in [-0.25, -0.2) is 0 Å². The van der Waals surface area contributed by atoms with Gasteiger partial charge in [-0.05, 0) is 18.2 Å². The second kappa shape index (κ2) is 4.85. The van der Waals surface area contributed by atoms with E-state index in [2.05, 4.69) is 5.16 Å². The van der Waals surface area contributed by atoms with Crippen LogP contribution in [0, 0.1) is 5.41 Å². The van der Waals surface area contributed by atoms with Crippen molar-refractivity contribution in [3.8, 4) is 0 Å². The van der Waals surface area contributed by atoms with Gasteiger partial charge in [0.05, 0.1) is 11.4 Å². The number of halogens is 1. The largest absolute Gasteiger partial charge is 0.411 e. The highest BCUT2D eigenvalue weighted by molar-refractivity contribution is 6.31. The number of fused-ring (bicyclic) bond motifs is 1. The average Bonchev–Trinajstić information content (AvgIpc) is 2.35. The Morgan fingerprint density at radius 3 is 2.68 bits per heavy atom. The molecule has 0 aromatic heterocycles. The molecule has 1 N–H and O–H groups in total. The van der Waals surface area contributed by atoms with Crippen molar-refractivity contribution in [3.05, 3.63) is 28.8 Å². The van der Waals surface area contributed by atoms with E-state index in [9.17, 15) is 4.79 Å². The number of oxime groups is 1. The van der Waals surface area contributed by atoms with Crippen LogP contribution in [0.15, 0.2) is 23.4 Å². The zero-order valence-electron chi connectivity index (χ0n) is 11.3. The van der Waals surface area contributed by atoms with Crippen LogP contribution in [0.5, 0.6) is 0 Å². The van der Waals surface area contributed by atoms with Gasteiger partial charge in [0, 0.05) is 29.0 Å². The van der Waals surface area contributed by atoms with Gasteiger partial charge < -0.3 is 10.1 Å². The molecule has 2 rings (SSSR count). The van der Waals surface area contributed by atoms with Gasteiger partial charge in [-0.1, -0.05) is 37.5 Å². The summed E-state index contributed by atoms with van der Waals surface area (Å²) in [5, 5.41) is 12.9. The lowest BCUT2D eigenvalue weighted by Crippen LogP contribution is -2.43. The maximum atomic E-state index is 12.5. The second-order valence-electron chi connectivity index (χ2n) is 5.66. The maximum Gasteiger partial charge on any atom is 0.232 e. The minimum absolute atomic E-state index is 0.0491. The van der Waals surface area contributed by atoms with Gasteiger partial charge in [0.25, 0.3) is 0 Å². The zero-order valence-corrected chi connectivity index (χ0v) is 12.0. The average molecular weight is 281 g/mol. The summed E-state index contributed by atoms with van der Waals surface area (Å²) in [6.07, 6.45) is 0.520. The van der Waals surface area contributed by atoms with E-state index in [0.717, 1.165) is 11.3 Å². The Bertz CT molecular complexity index is 547. The molecule has 0 fully saturated rings. The fourth-order valence-corrected chi connectivity index (χ4v) is 2.34. The Morgan fingerprint density at radius 2 is 2.11 bits per heavy atom. The third-order valence-electron chi connectivity index (χ3n) is 3.14. The van der Waals surface area contributed by atoms with Crippen LogP contribution in [0.4, 0.5) is 5.69 Å². The van der Waals surface area contributed by atoms with Gasteiger partial charge in [-0.3, -0.25) is 4.79 Å². The van der Waals surface area contributed by atoms with Crippen molar-refractivity contribution in [3.63, 3.8) is 0 Å². The molecule has 19 heavy (non-hydrogen) atoms. The molecule has 102 valence electrons. The number of hydrogen-bond donors (Lipinski definition) is 1. The molecule has 0 saturated heterocycles. The normalized spacial score (nSPS) is 17.5. The Kier molecular flexibility index (Phi) is 3.54. The Morgan fingerprint density at radius 1 is 1.42 bits per heavy atom. The minimum atomic E-state index is -0.454. The monoisotopic (exact) mass is 280 g/mol. The molecule has 0 aliphatic carbocycles. The molecule has 1 amide bonds. The summed E-state index contributed by atoms with van der Waals surface area (Å²) >= 11 is 5.98. The zero-order chi connectivity index (χ0) is 14.2. The molecule has 0 spiro atoms. The molecule has 1 aromatic carbocycles. The number of anilines is 1. The summed E-state index contributed by atoms with van der Waals surface area (Å²) in [5.41, 5.74) is 1.59. The van der Waals surface area contributed by atoms with Crippen LogP contribution in [-0.4, -0.2) is 23.4 Å². The Balaban J connectivity index is 2.51. The predicted octanol–water partition coefficient (Wildman–Crippen LogP) is 3.30. The van der Waals surface area contributed by atoms with Crippen LogP contribution in [0.3, 0.4) is 0 Å². The number of rotatable bonds is 0. The van der Waals surface area contributed by atoms with E-state index in [4.69, 9.17) is 16.8 Å². The van der Waals surface area contributed by atoms with Gasteiger partial charge in [0.2, 0.25) is 5.91 Å². The number of hydrogen-bond acceptors (Lipinski definition) is 3. The van der Waals surface area contributed by atoms with Crippen LogP contribution in [0.2, 0.25) is 5.02 Å². The summed E-state index contributed by atoms with van der Waals surface area (Å²) in [4.78, 5) is 14.2. The van der Waals surface area contributed by atoms with Crippen molar-refractivity contribution >= 4 is 28.9 Å². The fourth-order valence-electron chi connectivity index (χ4n) is 2.17. The highest BCUT2D eigenvalue weighted by atomic mass is 35.5. The number of nitrogens with zero attached hydrogens (tertiary/aromatic N) is 2. The fraction of sp³-hybridized carbons (Fsp3) is 0.429. The molecule has 0 bridgehead atoms. The highest BCUT2D eigenvalue weighted by Crippen LogP contribution is 2.33. The van der Waals surface area contributed by atoms with Gasteiger partial charge in [-0.2, -0.15) is 0 Å². The lowest BCUT2D eigenvalue weighted by atomic mass is 9.91. The van der Waals surface area contributed by atoms with Crippen LogP contribution in [-0.2, 0) is 4.79 Å². The van der Waals surface area contributed by atoms with Gasteiger partial charge in [0.15, 0.2) is 0 Å². The SMILES string of the molecule is CC(C)(C)C(=O)N1CC/C(=N/O)c2cc(Cl)ccc21.